The van der Waals surface area contributed by atoms with Crippen LogP contribution < -0.4 is 16.0 Å². The van der Waals surface area contributed by atoms with Crippen molar-refractivity contribution in [3.8, 4) is 0 Å². The lowest BCUT2D eigenvalue weighted by molar-refractivity contribution is -0.255. The van der Waals surface area contributed by atoms with E-state index in [1.165, 1.54) is 52.9 Å². The second-order valence-electron chi connectivity index (χ2n) is 8.70. The standard InChI is InChI=1S/C27H29N3O4S/c1-18(24(31)28-15-14-19-8-4-2-5-9-19)35-27-29-23-16-21(26(33)34)12-13-22(23)25(32)30(27)17-20-10-6-3-7-11-20/h3,6-8,10-13,16,18H,2,4-5,9,14-15,17H2,1H3,(H,28,31)(H,33,34)/p-1/t18-/m1/s1. The average molecular weight is 491 g/mol. The van der Waals surface area contributed by atoms with Gasteiger partial charge in [-0.1, -0.05) is 59.8 Å². The summed E-state index contributed by atoms with van der Waals surface area (Å²) >= 11 is 1.19. The molecule has 4 rings (SSSR count). The molecule has 0 aliphatic heterocycles. The molecule has 1 amide bonds. The van der Waals surface area contributed by atoms with Crippen LogP contribution in [0.25, 0.3) is 10.9 Å². The van der Waals surface area contributed by atoms with E-state index in [9.17, 15) is 19.5 Å². The van der Waals surface area contributed by atoms with Crippen molar-refractivity contribution < 1.29 is 14.7 Å². The zero-order chi connectivity index (χ0) is 24.8. The number of aromatic nitrogens is 2. The quantitative estimate of drug-likeness (QED) is 0.280. The molecule has 1 aliphatic carbocycles. The first-order chi connectivity index (χ1) is 16.9. The number of fused-ring (bicyclic) bond motifs is 1. The molecular formula is C27H28N3O4S-. The van der Waals surface area contributed by atoms with Crippen LogP contribution >= 0.6 is 11.8 Å². The summed E-state index contributed by atoms with van der Waals surface area (Å²) in [6, 6.07) is 13.7. The van der Waals surface area contributed by atoms with Crippen molar-refractivity contribution in [1.29, 1.82) is 0 Å². The molecule has 7 nitrogen and oxygen atoms in total. The number of hydrogen-bond donors (Lipinski definition) is 1. The Bertz CT molecular complexity index is 1320. The van der Waals surface area contributed by atoms with E-state index in [2.05, 4.69) is 16.4 Å². The second kappa shape index (κ2) is 11.4. The Labute approximate surface area is 208 Å². The molecule has 182 valence electrons. The number of benzene rings is 2. The van der Waals surface area contributed by atoms with E-state index in [-0.39, 0.29) is 29.1 Å². The molecule has 0 fully saturated rings. The van der Waals surface area contributed by atoms with Gasteiger partial charge in [-0.05, 0) is 62.3 Å². The zero-order valence-electron chi connectivity index (χ0n) is 19.7. The van der Waals surface area contributed by atoms with Gasteiger partial charge in [-0.2, -0.15) is 0 Å². The molecule has 2 aromatic carbocycles. The minimum Gasteiger partial charge on any atom is -0.545 e. The Morgan fingerprint density at radius 1 is 1.17 bits per heavy atom. The Kier molecular flexibility index (Phi) is 8.02. The maximum absolute atomic E-state index is 13.4. The van der Waals surface area contributed by atoms with E-state index < -0.39 is 11.2 Å². The maximum Gasteiger partial charge on any atom is 0.262 e. The minimum absolute atomic E-state index is 0.0519. The topological polar surface area (TPSA) is 104 Å². The van der Waals surface area contributed by atoms with Crippen LogP contribution in [0.4, 0.5) is 0 Å². The predicted molar refractivity (Wildman–Crippen MR) is 135 cm³/mol. The summed E-state index contributed by atoms with van der Waals surface area (Å²) < 4.78 is 1.54. The van der Waals surface area contributed by atoms with Gasteiger partial charge in [0.1, 0.15) is 0 Å². The summed E-state index contributed by atoms with van der Waals surface area (Å²) in [6.45, 7) is 2.64. The van der Waals surface area contributed by atoms with Gasteiger partial charge in [0.25, 0.3) is 5.56 Å². The Morgan fingerprint density at radius 3 is 2.69 bits per heavy atom. The summed E-state index contributed by atoms with van der Waals surface area (Å²) in [5, 5.41) is 14.5. The molecule has 3 aromatic rings. The van der Waals surface area contributed by atoms with E-state index in [0.717, 1.165) is 24.8 Å². The number of amides is 1. The average Bonchev–Trinajstić information content (AvgIpc) is 2.87. The van der Waals surface area contributed by atoms with Crippen molar-refractivity contribution in [2.75, 3.05) is 6.54 Å². The summed E-state index contributed by atoms with van der Waals surface area (Å²) in [5.41, 5.74) is 2.24. The Hall–Kier alpha value is -3.39. The van der Waals surface area contributed by atoms with Gasteiger partial charge in [0, 0.05) is 6.54 Å². The number of carbonyl (C=O) groups is 2. The van der Waals surface area contributed by atoms with Crippen molar-refractivity contribution in [3.05, 3.63) is 81.7 Å². The van der Waals surface area contributed by atoms with Gasteiger partial charge < -0.3 is 15.2 Å². The second-order valence-corrected chi connectivity index (χ2v) is 10.0. The monoisotopic (exact) mass is 490 g/mol. The summed E-state index contributed by atoms with van der Waals surface area (Å²) in [5.74, 6) is -1.47. The molecule has 8 heteroatoms. The number of hydrogen-bond acceptors (Lipinski definition) is 6. The lowest BCUT2D eigenvalue weighted by Gasteiger charge is -2.17. The molecule has 0 radical (unpaired) electrons. The molecule has 0 spiro atoms. The van der Waals surface area contributed by atoms with Crippen LogP contribution in [0.5, 0.6) is 0 Å². The Balaban J connectivity index is 1.58. The molecule has 1 atom stereocenters. The fraction of sp³-hybridized carbons (Fsp3) is 0.333. The maximum atomic E-state index is 13.4. The van der Waals surface area contributed by atoms with Crippen LogP contribution in [-0.4, -0.2) is 33.2 Å². The fourth-order valence-corrected chi connectivity index (χ4v) is 5.09. The number of carboxylic acids is 1. The van der Waals surface area contributed by atoms with Gasteiger partial charge in [-0.3, -0.25) is 14.2 Å². The summed E-state index contributed by atoms with van der Waals surface area (Å²) in [7, 11) is 0. The van der Waals surface area contributed by atoms with Crippen molar-refractivity contribution in [2.24, 2.45) is 0 Å². The van der Waals surface area contributed by atoms with Crippen LogP contribution in [0.15, 0.2) is 70.1 Å². The lowest BCUT2D eigenvalue weighted by atomic mass is 9.97. The van der Waals surface area contributed by atoms with Gasteiger partial charge in [-0.25, -0.2) is 4.98 Å². The molecule has 0 saturated carbocycles. The van der Waals surface area contributed by atoms with E-state index in [0.29, 0.717) is 17.1 Å². The third kappa shape index (κ3) is 6.19. The smallest absolute Gasteiger partial charge is 0.262 e. The molecule has 1 aromatic heterocycles. The number of thioether (sulfide) groups is 1. The number of nitrogens with one attached hydrogen (secondary N) is 1. The highest BCUT2D eigenvalue weighted by Gasteiger charge is 2.20. The highest BCUT2D eigenvalue weighted by molar-refractivity contribution is 8.00. The van der Waals surface area contributed by atoms with Crippen molar-refractivity contribution in [3.63, 3.8) is 0 Å². The van der Waals surface area contributed by atoms with Crippen molar-refractivity contribution >= 4 is 34.5 Å². The first-order valence-corrected chi connectivity index (χ1v) is 12.7. The third-order valence-corrected chi connectivity index (χ3v) is 7.21. The third-order valence-electron chi connectivity index (χ3n) is 6.12. The first kappa shape index (κ1) is 24.7. The Morgan fingerprint density at radius 2 is 1.97 bits per heavy atom. The van der Waals surface area contributed by atoms with Gasteiger partial charge in [-0.15, -0.1) is 0 Å². The number of carboxylic acid groups (broad SMARTS) is 1. The van der Waals surface area contributed by atoms with Crippen LogP contribution in [0.2, 0.25) is 0 Å². The van der Waals surface area contributed by atoms with E-state index >= 15 is 0 Å². The van der Waals surface area contributed by atoms with E-state index in [4.69, 9.17) is 0 Å². The first-order valence-electron chi connectivity index (χ1n) is 11.8. The van der Waals surface area contributed by atoms with Gasteiger partial charge in [0.2, 0.25) is 5.91 Å². The molecule has 0 saturated heterocycles. The van der Waals surface area contributed by atoms with Crippen LogP contribution in [0, 0.1) is 0 Å². The summed E-state index contributed by atoms with van der Waals surface area (Å²) in [4.78, 5) is 42.1. The van der Waals surface area contributed by atoms with Gasteiger partial charge >= 0.3 is 0 Å². The van der Waals surface area contributed by atoms with Crippen LogP contribution in [-0.2, 0) is 11.3 Å². The highest BCUT2D eigenvalue weighted by atomic mass is 32.2. The van der Waals surface area contributed by atoms with Crippen LogP contribution in [0.1, 0.15) is 54.9 Å². The van der Waals surface area contributed by atoms with Crippen molar-refractivity contribution in [2.45, 2.75) is 56.0 Å². The van der Waals surface area contributed by atoms with E-state index in [1.54, 1.807) is 6.92 Å². The van der Waals surface area contributed by atoms with Gasteiger partial charge in [0.15, 0.2) is 5.16 Å². The molecule has 1 aliphatic rings. The summed E-state index contributed by atoms with van der Waals surface area (Å²) in [6.07, 6.45) is 7.77. The fourth-order valence-electron chi connectivity index (χ4n) is 4.16. The lowest BCUT2D eigenvalue weighted by Crippen LogP contribution is -2.33. The molecule has 1 N–H and O–H groups in total. The normalized spacial score (nSPS) is 14.4. The molecule has 0 unspecified atom stereocenters. The minimum atomic E-state index is -1.34. The number of allylic oxidation sites excluding steroid dienone is 1. The molecule has 0 bridgehead atoms. The number of aromatic carboxylic acids is 1. The number of rotatable bonds is 9. The van der Waals surface area contributed by atoms with Crippen LogP contribution in [0.3, 0.4) is 0 Å². The van der Waals surface area contributed by atoms with Crippen molar-refractivity contribution in [1.82, 2.24) is 14.9 Å². The SMILES string of the molecule is C[C@@H](Sc1nc2cc(C(=O)[O-])ccc2c(=O)n1Cc1ccccc1)C(=O)NCCC1=CCCCC1. The number of nitrogens with zero attached hydrogens (tertiary/aromatic N) is 2. The molecule has 35 heavy (non-hydrogen) atoms. The molecular weight excluding hydrogens is 462 g/mol. The zero-order valence-corrected chi connectivity index (χ0v) is 20.5. The largest absolute Gasteiger partial charge is 0.545 e. The van der Waals surface area contributed by atoms with Gasteiger partial charge in [0.05, 0.1) is 28.7 Å². The predicted octanol–water partition coefficient (Wildman–Crippen LogP) is 3.30. The van der Waals surface area contributed by atoms with E-state index in [1.807, 2.05) is 30.3 Å². The highest BCUT2D eigenvalue weighted by Crippen LogP contribution is 2.24. The number of carbonyl (C=O) groups excluding carboxylic acids is 2. The molecule has 1 heterocycles.